The van der Waals surface area contributed by atoms with Crippen molar-refractivity contribution >= 4 is 40.0 Å². The third-order valence-corrected chi connectivity index (χ3v) is 6.38. The number of fused-ring (bicyclic) bond motifs is 1. The highest BCUT2D eigenvalue weighted by Gasteiger charge is 2.56. The minimum absolute atomic E-state index is 0.0221. The molecule has 204 valence electrons. The lowest BCUT2D eigenvalue weighted by molar-refractivity contribution is -0.131. The molecular formula is C29H25FN4O6. The Hall–Kier alpha value is -4.87. The molecule has 4 N–H and O–H groups in total. The van der Waals surface area contributed by atoms with E-state index in [0.717, 1.165) is 0 Å². The Morgan fingerprint density at radius 2 is 1.55 bits per heavy atom. The third-order valence-electron chi connectivity index (χ3n) is 6.38. The molecule has 3 aromatic carbocycles. The quantitative estimate of drug-likeness (QED) is 0.133. The summed E-state index contributed by atoms with van der Waals surface area (Å²) in [7, 11) is 0. The number of aliphatic hydroxyl groups excluding tert-OH is 1. The van der Waals surface area contributed by atoms with Crippen LogP contribution in [0.25, 0.3) is 10.9 Å². The number of amides is 3. The zero-order valence-corrected chi connectivity index (χ0v) is 21.1. The van der Waals surface area contributed by atoms with Crippen LogP contribution in [-0.2, 0) is 14.4 Å². The molecule has 1 aromatic heterocycles. The molecule has 1 aliphatic carbocycles. The number of nitrogens with one attached hydrogen (secondary N) is 3. The molecule has 40 heavy (non-hydrogen) atoms. The molecule has 3 amide bonds. The van der Waals surface area contributed by atoms with Gasteiger partial charge in [-0.1, -0.05) is 0 Å². The number of hydrogen-bond donors (Lipinski definition) is 4. The number of halogens is 1. The van der Waals surface area contributed by atoms with Gasteiger partial charge >= 0.3 is 0 Å². The number of ether oxygens (including phenoxy) is 1. The van der Waals surface area contributed by atoms with Crippen LogP contribution in [0.1, 0.15) is 23.2 Å². The highest BCUT2D eigenvalue weighted by atomic mass is 19.1. The normalized spacial score (nSPS) is 13.3. The first-order valence-electron chi connectivity index (χ1n) is 12.5. The Balaban J connectivity index is 1.22. The van der Waals surface area contributed by atoms with Gasteiger partial charge in [0.1, 0.15) is 22.7 Å². The van der Waals surface area contributed by atoms with Crippen LogP contribution in [0, 0.1) is 11.2 Å². The van der Waals surface area contributed by atoms with Crippen molar-refractivity contribution in [3.8, 4) is 11.5 Å². The maximum absolute atomic E-state index is 13.1. The Bertz CT molecular complexity index is 1560. The number of rotatable bonds is 10. The summed E-state index contributed by atoms with van der Waals surface area (Å²) in [5.41, 5.74) is 2.86. The number of hydrogen-bond acceptors (Lipinski definition) is 7. The van der Waals surface area contributed by atoms with Crippen LogP contribution in [0.3, 0.4) is 0 Å². The lowest BCUT2D eigenvalue weighted by Crippen LogP contribution is -2.35. The van der Waals surface area contributed by atoms with Crippen LogP contribution >= 0.6 is 0 Å². The molecule has 0 bridgehead atoms. The molecule has 1 aliphatic rings. The first-order valence-corrected chi connectivity index (χ1v) is 12.5. The van der Waals surface area contributed by atoms with Gasteiger partial charge in [0.15, 0.2) is 0 Å². The van der Waals surface area contributed by atoms with Gasteiger partial charge in [-0.2, -0.15) is 0 Å². The topological polar surface area (TPSA) is 139 Å². The Morgan fingerprint density at radius 1 is 0.900 bits per heavy atom. The molecular weight excluding hydrogens is 519 g/mol. The van der Waals surface area contributed by atoms with Crippen LogP contribution in [0.15, 0.2) is 79.0 Å². The maximum Gasteiger partial charge on any atom is 0.274 e. The molecule has 0 aliphatic heterocycles. The summed E-state index contributed by atoms with van der Waals surface area (Å²) in [6, 6.07) is 18.7. The molecule has 1 heterocycles. The molecule has 5 rings (SSSR count). The number of carbonyl (C=O) groups excluding carboxylic acids is 3. The van der Waals surface area contributed by atoms with Crippen molar-refractivity contribution in [2.24, 2.45) is 5.41 Å². The van der Waals surface area contributed by atoms with Crippen molar-refractivity contribution in [2.75, 3.05) is 23.8 Å². The molecule has 0 unspecified atom stereocenters. The van der Waals surface area contributed by atoms with Gasteiger partial charge in [0.25, 0.3) is 5.91 Å². The maximum atomic E-state index is 13.1. The second kappa shape index (κ2) is 11.5. The lowest BCUT2D eigenvalue weighted by atomic mass is 10.0. The zero-order chi connectivity index (χ0) is 28.1. The van der Waals surface area contributed by atoms with E-state index in [1.165, 1.54) is 24.3 Å². The van der Waals surface area contributed by atoms with Gasteiger partial charge < -0.3 is 20.5 Å². The number of hydroxylamine groups is 1. The minimum Gasteiger partial charge on any atom is -0.457 e. The standard InChI is InChI=1S/C29H25FN4O6/c30-19-2-4-20(5-3-19)32-27(37)29(12-13-29)28(38)33-21-6-8-22(9-7-21)40-25-11-14-31-24-17-18(1-10-23(24)25)26(36)34-39-16-15-35/h1-11,14,17,35H,12-13,15-16H2,(H,32,37)(H,33,38)(H,34,36). The van der Waals surface area contributed by atoms with Crippen LogP contribution in [-0.4, -0.2) is 41.0 Å². The predicted octanol–water partition coefficient (Wildman–Crippen LogP) is 4.18. The Morgan fingerprint density at radius 3 is 2.17 bits per heavy atom. The van der Waals surface area contributed by atoms with E-state index in [1.807, 2.05) is 0 Å². The molecule has 0 spiro atoms. The van der Waals surface area contributed by atoms with Crippen molar-refractivity contribution in [3.05, 3.63) is 90.4 Å². The number of aromatic nitrogens is 1. The predicted molar refractivity (Wildman–Crippen MR) is 144 cm³/mol. The van der Waals surface area contributed by atoms with Gasteiger partial charge in [0, 0.05) is 28.5 Å². The van der Waals surface area contributed by atoms with Crippen LogP contribution in [0.2, 0.25) is 0 Å². The molecule has 4 aromatic rings. The Kier molecular flexibility index (Phi) is 7.67. The molecule has 0 saturated heterocycles. The molecule has 0 atom stereocenters. The van der Waals surface area contributed by atoms with Gasteiger partial charge in [-0.25, -0.2) is 9.87 Å². The van der Waals surface area contributed by atoms with Crippen molar-refractivity contribution < 1.29 is 33.5 Å². The third kappa shape index (κ3) is 5.90. The summed E-state index contributed by atoms with van der Waals surface area (Å²) in [6.45, 7) is -0.240. The number of anilines is 2. The molecule has 0 radical (unpaired) electrons. The number of benzene rings is 3. The Labute approximate surface area is 228 Å². The first kappa shape index (κ1) is 26.7. The van der Waals surface area contributed by atoms with Gasteiger partial charge in [0.2, 0.25) is 11.8 Å². The summed E-state index contributed by atoms with van der Waals surface area (Å²) in [5.74, 6) is -0.718. The SMILES string of the molecule is O=C(NOCCO)c1ccc2c(Oc3ccc(NC(=O)C4(C(=O)Nc5ccc(F)cc5)CC4)cc3)ccnc2c1. The number of carbonyl (C=O) groups is 3. The first-order chi connectivity index (χ1) is 19.4. The molecule has 10 nitrogen and oxygen atoms in total. The zero-order valence-electron chi connectivity index (χ0n) is 21.1. The fourth-order valence-corrected chi connectivity index (χ4v) is 4.02. The van der Waals surface area contributed by atoms with E-state index in [1.54, 1.807) is 54.7 Å². The number of pyridine rings is 1. The lowest BCUT2D eigenvalue weighted by Gasteiger charge is -2.16. The molecule has 1 fully saturated rings. The second-order valence-electron chi connectivity index (χ2n) is 9.17. The monoisotopic (exact) mass is 544 g/mol. The van der Waals surface area contributed by atoms with Crippen LogP contribution < -0.4 is 20.9 Å². The fourth-order valence-electron chi connectivity index (χ4n) is 4.02. The second-order valence-corrected chi connectivity index (χ2v) is 9.17. The summed E-state index contributed by atoms with van der Waals surface area (Å²) in [5, 5.41) is 14.9. The van der Waals surface area contributed by atoms with Crippen molar-refractivity contribution in [1.82, 2.24) is 10.5 Å². The molecule has 1 saturated carbocycles. The smallest absolute Gasteiger partial charge is 0.274 e. The minimum atomic E-state index is -1.17. The van der Waals surface area contributed by atoms with Crippen molar-refractivity contribution in [2.45, 2.75) is 12.8 Å². The van der Waals surface area contributed by atoms with E-state index in [4.69, 9.17) is 14.7 Å². The molecule has 11 heteroatoms. The van der Waals surface area contributed by atoms with Crippen LogP contribution in [0.5, 0.6) is 11.5 Å². The van der Waals surface area contributed by atoms with E-state index >= 15 is 0 Å². The van der Waals surface area contributed by atoms with Gasteiger partial charge in [-0.05, 0) is 85.6 Å². The average Bonchev–Trinajstić information content (AvgIpc) is 3.78. The van der Waals surface area contributed by atoms with Crippen molar-refractivity contribution in [3.63, 3.8) is 0 Å². The van der Waals surface area contributed by atoms with Gasteiger partial charge in [-0.3, -0.25) is 24.2 Å². The summed E-state index contributed by atoms with van der Waals surface area (Å²) < 4.78 is 19.2. The summed E-state index contributed by atoms with van der Waals surface area (Å²) >= 11 is 0. The van der Waals surface area contributed by atoms with Gasteiger partial charge in [0.05, 0.1) is 18.7 Å². The van der Waals surface area contributed by atoms with Crippen molar-refractivity contribution in [1.29, 1.82) is 0 Å². The largest absolute Gasteiger partial charge is 0.457 e. The number of aliphatic hydroxyl groups is 1. The summed E-state index contributed by atoms with van der Waals surface area (Å²) in [4.78, 5) is 47.1. The van der Waals surface area contributed by atoms with E-state index in [0.29, 0.717) is 52.2 Å². The average molecular weight is 545 g/mol. The van der Waals surface area contributed by atoms with E-state index < -0.39 is 29.0 Å². The highest BCUT2D eigenvalue weighted by Crippen LogP contribution is 2.47. The van der Waals surface area contributed by atoms with E-state index in [9.17, 15) is 18.8 Å². The van der Waals surface area contributed by atoms with E-state index in [-0.39, 0.29) is 13.2 Å². The number of nitrogens with zero attached hydrogens (tertiary/aromatic N) is 1. The van der Waals surface area contributed by atoms with Crippen LogP contribution in [0.4, 0.5) is 15.8 Å². The van der Waals surface area contributed by atoms with E-state index in [2.05, 4.69) is 21.1 Å². The summed E-state index contributed by atoms with van der Waals surface area (Å²) in [6.07, 6.45) is 2.39. The highest BCUT2D eigenvalue weighted by molar-refractivity contribution is 6.16. The fraction of sp³-hybridized carbons (Fsp3) is 0.172. The van der Waals surface area contributed by atoms with Gasteiger partial charge in [-0.15, -0.1) is 0 Å².